The van der Waals surface area contributed by atoms with Gasteiger partial charge in [0.25, 0.3) is 0 Å². The molecule has 3 heterocycles. The maximum atomic E-state index is 13.9. The number of fused-ring (bicyclic) bond motifs is 1. The number of hydrogen-bond acceptors (Lipinski definition) is 6. The molecule has 0 radical (unpaired) electrons. The van der Waals surface area contributed by atoms with Crippen LogP contribution in [-0.4, -0.2) is 46.0 Å². The van der Waals surface area contributed by atoms with Gasteiger partial charge in [-0.3, -0.25) is 4.90 Å². The molecule has 4 rings (SSSR count). The number of aryl methyl sites for hydroxylation is 1. The summed E-state index contributed by atoms with van der Waals surface area (Å²) in [5, 5.41) is 4.14. The molecule has 0 spiro atoms. The number of para-hydroxylation sites is 1. The lowest BCUT2D eigenvalue weighted by molar-refractivity contribution is 0.247. The predicted molar refractivity (Wildman–Crippen MR) is 98.5 cm³/mol. The van der Waals surface area contributed by atoms with Crippen LogP contribution in [0, 0.1) is 5.82 Å². The van der Waals surface area contributed by atoms with E-state index in [-0.39, 0.29) is 5.82 Å². The fraction of sp³-hybridized carbons (Fsp3) is 0.389. The predicted octanol–water partition coefficient (Wildman–Crippen LogP) is 3.11. The van der Waals surface area contributed by atoms with E-state index in [9.17, 15) is 4.39 Å². The van der Waals surface area contributed by atoms with Gasteiger partial charge in [0.05, 0.1) is 10.7 Å². The van der Waals surface area contributed by atoms with Gasteiger partial charge in [-0.2, -0.15) is 0 Å². The Morgan fingerprint density at radius 1 is 1.16 bits per heavy atom. The molecule has 1 aliphatic heterocycles. The van der Waals surface area contributed by atoms with Gasteiger partial charge in [0.2, 0.25) is 0 Å². The molecule has 0 N–H and O–H groups in total. The van der Waals surface area contributed by atoms with Gasteiger partial charge in [-0.1, -0.05) is 13.0 Å². The minimum Gasteiger partial charge on any atom is -0.353 e. The van der Waals surface area contributed by atoms with Gasteiger partial charge >= 0.3 is 0 Å². The Labute approximate surface area is 150 Å². The standard InChI is InChI=1S/C18H20FN5S/c1-2-16-22-13(11-25-16)10-23-6-8-24(9-7-23)18-14-4-3-5-15(19)17(14)20-12-21-18/h3-5,11-12H,2,6-10H2,1H3. The fourth-order valence-electron chi connectivity index (χ4n) is 3.22. The van der Waals surface area contributed by atoms with E-state index in [0.29, 0.717) is 5.52 Å². The molecule has 0 amide bonds. The summed E-state index contributed by atoms with van der Waals surface area (Å²) in [6.07, 6.45) is 2.45. The minimum absolute atomic E-state index is 0.296. The molecule has 3 aromatic rings. The topological polar surface area (TPSA) is 45.2 Å². The van der Waals surface area contributed by atoms with E-state index in [1.54, 1.807) is 17.4 Å². The highest BCUT2D eigenvalue weighted by Gasteiger charge is 2.21. The molecule has 1 saturated heterocycles. The Morgan fingerprint density at radius 3 is 2.76 bits per heavy atom. The number of halogens is 1. The number of hydrogen-bond donors (Lipinski definition) is 0. The Bertz CT molecular complexity index is 873. The van der Waals surface area contributed by atoms with Crippen molar-refractivity contribution in [3.8, 4) is 0 Å². The lowest BCUT2D eigenvalue weighted by atomic mass is 10.2. The van der Waals surface area contributed by atoms with Gasteiger partial charge in [-0.05, 0) is 18.6 Å². The Kier molecular flexibility index (Phi) is 4.59. The van der Waals surface area contributed by atoms with E-state index in [1.165, 1.54) is 17.4 Å². The van der Waals surface area contributed by atoms with Gasteiger partial charge in [-0.15, -0.1) is 11.3 Å². The summed E-state index contributed by atoms with van der Waals surface area (Å²) in [5.41, 5.74) is 1.55. The number of piperazine rings is 1. The van der Waals surface area contributed by atoms with Crippen molar-refractivity contribution < 1.29 is 4.39 Å². The average Bonchev–Trinajstić information content (AvgIpc) is 3.10. The first-order chi connectivity index (χ1) is 12.2. The molecule has 25 heavy (non-hydrogen) atoms. The Hall–Kier alpha value is -2.12. The monoisotopic (exact) mass is 357 g/mol. The van der Waals surface area contributed by atoms with Crippen LogP contribution >= 0.6 is 11.3 Å². The van der Waals surface area contributed by atoms with Crippen molar-refractivity contribution >= 4 is 28.1 Å². The van der Waals surface area contributed by atoms with Crippen molar-refractivity contribution in [3.05, 3.63) is 46.4 Å². The van der Waals surface area contributed by atoms with Gasteiger partial charge in [-0.25, -0.2) is 19.3 Å². The molecule has 1 aliphatic rings. The van der Waals surface area contributed by atoms with Crippen molar-refractivity contribution in [1.29, 1.82) is 0 Å². The number of rotatable bonds is 4. The molecule has 5 nitrogen and oxygen atoms in total. The molecule has 1 fully saturated rings. The summed E-state index contributed by atoms with van der Waals surface area (Å²) in [5.74, 6) is 0.529. The quantitative estimate of drug-likeness (QED) is 0.718. The van der Waals surface area contributed by atoms with Crippen molar-refractivity contribution in [3.63, 3.8) is 0 Å². The number of benzene rings is 1. The molecule has 2 aromatic heterocycles. The van der Waals surface area contributed by atoms with Gasteiger partial charge in [0.15, 0.2) is 0 Å². The lowest BCUT2D eigenvalue weighted by Gasteiger charge is -2.35. The molecule has 0 bridgehead atoms. The summed E-state index contributed by atoms with van der Waals surface area (Å²) in [6, 6.07) is 5.05. The van der Waals surface area contributed by atoms with Crippen LogP contribution in [0.2, 0.25) is 0 Å². The lowest BCUT2D eigenvalue weighted by Crippen LogP contribution is -2.46. The van der Waals surface area contributed by atoms with Gasteiger partial charge < -0.3 is 4.90 Å². The van der Waals surface area contributed by atoms with E-state index in [2.05, 4.69) is 37.1 Å². The average molecular weight is 357 g/mol. The molecule has 0 aliphatic carbocycles. The second kappa shape index (κ2) is 7.01. The van der Waals surface area contributed by atoms with E-state index in [0.717, 1.165) is 56.0 Å². The molecule has 7 heteroatoms. The van der Waals surface area contributed by atoms with E-state index in [4.69, 9.17) is 0 Å². The second-order valence-electron chi connectivity index (χ2n) is 6.18. The third-order valence-corrected chi connectivity index (χ3v) is 5.60. The minimum atomic E-state index is -0.296. The first-order valence-electron chi connectivity index (χ1n) is 8.54. The Morgan fingerprint density at radius 2 is 2.00 bits per heavy atom. The highest BCUT2D eigenvalue weighted by molar-refractivity contribution is 7.09. The first-order valence-corrected chi connectivity index (χ1v) is 9.42. The van der Waals surface area contributed by atoms with Crippen molar-refractivity contribution in [2.24, 2.45) is 0 Å². The second-order valence-corrected chi connectivity index (χ2v) is 7.13. The smallest absolute Gasteiger partial charge is 0.149 e. The Balaban J connectivity index is 1.46. The van der Waals surface area contributed by atoms with Crippen molar-refractivity contribution in [2.75, 3.05) is 31.1 Å². The zero-order valence-electron chi connectivity index (χ0n) is 14.2. The van der Waals surface area contributed by atoms with Crippen LogP contribution in [-0.2, 0) is 13.0 Å². The van der Waals surface area contributed by atoms with Crippen LogP contribution in [0.15, 0.2) is 29.9 Å². The van der Waals surface area contributed by atoms with Crippen molar-refractivity contribution in [2.45, 2.75) is 19.9 Å². The third-order valence-electron chi connectivity index (χ3n) is 4.55. The number of anilines is 1. The highest BCUT2D eigenvalue weighted by Crippen LogP contribution is 2.25. The van der Waals surface area contributed by atoms with Crippen molar-refractivity contribution in [1.82, 2.24) is 19.9 Å². The van der Waals surface area contributed by atoms with E-state index < -0.39 is 0 Å². The first kappa shape index (κ1) is 16.4. The summed E-state index contributed by atoms with van der Waals surface area (Å²) in [6.45, 7) is 6.65. The maximum Gasteiger partial charge on any atom is 0.149 e. The van der Waals surface area contributed by atoms with Crippen LogP contribution in [0.4, 0.5) is 10.2 Å². The molecule has 0 saturated carbocycles. The van der Waals surface area contributed by atoms with Crippen LogP contribution < -0.4 is 4.90 Å². The van der Waals surface area contributed by atoms with Gasteiger partial charge in [0, 0.05) is 43.5 Å². The summed E-state index contributed by atoms with van der Waals surface area (Å²) >= 11 is 1.74. The van der Waals surface area contributed by atoms with Crippen LogP contribution in [0.5, 0.6) is 0 Å². The van der Waals surface area contributed by atoms with E-state index in [1.807, 2.05) is 6.07 Å². The number of nitrogens with zero attached hydrogens (tertiary/aromatic N) is 5. The molecule has 1 aromatic carbocycles. The van der Waals surface area contributed by atoms with Gasteiger partial charge in [0.1, 0.15) is 23.5 Å². The summed E-state index contributed by atoms with van der Waals surface area (Å²) in [4.78, 5) is 17.8. The van der Waals surface area contributed by atoms with Crippen LogP contribution in [0.25, 0.3) is 10.9 Å². The summed E-state index contributed by atoms with van der Waals surface area (Å²) < 4.78 is 13.9. The molecule has 0 unspecified atom stereocenters. The number of aromatic nitrogens is 3. The third kappa shape index (κ3) is 3.34. The normalized spacial score (nSPS) is 15.8. The highest BCUT2D eigenvalue weighted by atomic mass is 32.1. The zero-order valence-corrected chi connectivity index (χ0v) is 15.0. The summed E-state index contributed by atoms with van der Waals surface area (Å²) in [7, 11) is 0. The molecule has 130 valence electrons. The molecule has 0 atom stereocenters. The van der Waals surface area contributed by atoms with E-state index >= 15 is 0 Å². The molecular formula is C18H20FN5S. The maximum absolute atomic E-state index is 13.9. The number of thiazole rings is 1. The largest absolute Gasteiger partial charge is 0.353 e. The zero-order chi connectivity index (χ0) is 17.2. The van der Waals surface area contributed by atoms with Crippen LogP contribution in [0.3, 0.4) is 0 Å². The van der Waals surface area contributed by atoms with Crippen LogP contribution in [0.1, 0.15) is 17.6 Å². The fourth-order valence-corrected chi connectivity index (χ4v) is 3.96. The SMILES string of the molecule is CCc1nc(CN2CCN(c3ncnc4c(F)cccc34)CC2)cs1. The molecular weight excluding hydrogens is 337 g/mol.